The second-order valence-corrected chi connectivity index (χ2v) is 6.66. The van der Waals surface area contributed by atoms with Crippen LogP contribution in [0.5, 0.6) is 0 Å². The monoisotopic (exact) mass is 304 g/mol. The van der Waals surface area contributed by atoms with Gasteiger partial charge in [-0.15, -0.1) is 11.3 Å². The van der Waals surface area contributed by atoms with E-state index in [0.717, 1.165) is 37.4 Å². The Morgan fingerprint density at radius 2 is 2.38 bits per heavy atom. The van der Waals surface area contributed by atoms with Crippen molar-refractivity contribution in [1.29, 1.82) is 0 Å². The van der Waals surface area contributed by atoms with E-state index < -0.39 is 0 Å². The van der Waals surface area contributed by atoms with Crippen LogP contribution in [0.25, 0.3) is 0 Å². The molecule has 0 unspecified atom stereocenters. The lowest BCUT2D eigenvalue weighted by molar-refractivity contribution is 0.0704. The van der Waals surface area contributed by atoms with Crippen LogP contribution < -0.4 is 0 Å². The van der Waals surface area contributed by atoms with Gasteiger partial charge in [-0.3, -0.25) is 4.79 Å². The molecule has 6 heteroatoms. The van der Waals surface area contributed by atoms with Gasteiger partial charge in [0.25, 0.3) is 5.91 Å². The molecule has 1 aliphatic heterocycles. The fraction of sp³-hybridized carbons (Fsp3) is 0.533. The summed E-state index contributed by atoms with van der Waals surface area (Å²) < 4.78 is 0. The van der Waals surface area contributed by atoms with E-state index in [1.807, 2.05) is 16.5 Å². The molecule has 5 nitrogen and oxygen atoms in total. The van der Waals surface area contributed by atoms with Crippen LogP contribution in [0.3, 0.4) is 0 Å². The predicted molar refractivity (Wildman–Crippen MR) is 82.7 cm³/mol. The standard InChI is InChI=1S/C15H20N4OS/c1-10(2)12-9-21-14(18-12)15(20)19-7-3-4-11(8-19)13-16-5-6-17-13/h5-6,9-11H,3-4,7-8H2,1-2H3,(H,16,17)/t11-/m1/s1. The number of hydrogen-bond acceptors (Lipinski definition) is 4. The first-order valence-corrected chi connectivity index (χ1v) is 8.27. The predicted octanol–water partition coefficient (Wildman–Crippen LogP) is 3.01. The summed E-state index contributed by atoms with van der Waals surface area (Å²) in [5.74, 6) is 1.71. The van der Waals surface area contributed by atoms with Crippen LogP contribution in [0.15, 0.2) is 17.8 Å². The van der Waals surface area contributed by atoms with Crippen molar-refractivity contribution < 1.29 is 4.79 Å². The van der Waals surface area contributed by atoms with Crippen LogP contribution >= 0.6 is 11.3 Å². The number of likely N-dealkylation sites (tertiary alicyclic amines) is 1. The number of hydrogen-bond donors (Lipinski definition) is 1. The van der Waals surface area contributed by atoms with Gasteiger partial charge in [0.1, 0.15) is 5.82 Å². The Morgan fingerprint density at radius 3 is 3.05 bits per heavy atom. The molecular formula is C15H20N4OS. The highest BCUT2D eigenvalue weighted by atomic mass is 32.1. The Labute approximate surface area is 128 Å². The minimum Gasteiger partial charge on any atom is -0.348 e. The third kappa shape index (κ3) is 3.00. The van der Waals surface area contributed by atoms with Crippen molar-refractivity contribution in [2.24, 2.45) is 0 Å². The van der Waals surface area contributed by atoms with E-state index in [0.29, 0.717) is 16.8 Å². The Morgan fingerprint density at radius 1 is 1.52 bits per heavy atom. The number of amides is 1. The van der Waals surface area contributed by atoms with E-state index in [9.17, 15) is 4.79 Å². The lowest BCUT2D eigenvalue weighted by Crippen LogP contribution is -2.39. The molecule has 1 atom stereocenters. The molecule has 1 N–H and O–H groups in total. The third-order valence-corrected chi connectivity index (χ3v) is 4.76. The van der Waals surface area contributed by atoms with Gasteiger partial charge in [-0.05, 0) is 18.8 Å². The lowest BCUT2D eigenvalue weighted by atomic mass is 9.97. The minimum atomic E-state index is 0.0585. The fourth-order valence-corrected chi connectivity index (χ4v) is 3.62. The normalized spacial score (nSPS) is 19.2. The Balaban J connectivity index is 1.71. The quantitative estimate of drug-likeness (QED) is 0.948. The minimum absolute atomic E-state index is 0.0585. The Kier molecular flexibility index (Phi) is 4.05. The molecule has 1 aliphatic rings. The molecule has 0 bridgehead atoms. The largest absolute Gasteiger partial charge is 0.348 e. The van der Waals surface area contributed by atoms with Crippen molar-refractivity contribution in [2.75, 3.05) is 13.1 Å². The smallest absolute Gasteiger partial charge is 0.282 e. The van der Waals surface area contributed by atoms with E-state index in [4.69, 9.17) is 0 Å². The summed E-state index contributed by atoms with van der Waals surface area (Å²) >= 11 is 1.45. The molecule has 1 saturated heterocycles. The topological polar surface area (TPSA) is 61.9 Å². The maximum absolute atomic E-state index is 12.6. The first-order chi connectivity index (χ1) is 10.1. The molecule has 2 aromatic rings. The number of carbonyl (C=O) groups is 1. The van der Waals surface area contributed by atoms with Gasteiger partial charge >= 0.3 is 0 Å². The molecule has 3 heterocycles. The van der Waals surface area contributed by atoms with Crippen molar-refractivity contribution in [2.45, 2.75) is 38.5 Å². The van der Waals surface area contributed by atoms with Gasteiger partial charge in [0, 0.05) is 36.8 Å². The van der Waals surface area contributed by atoms with Crippen LogP contribution in [0.1, 0.15) is 59.8 Å². The molecule has 0 spiro atoms. The van der Waals surface area contributed by atoms with Crippen LogP contribution in [0, 0.1) is 0 Å². The molecule has 1 amide bonds. The van der Waals surface area contributed by atoms with Gasteiger partial charge in [0.05, 0.1) is 5.69 Å². The number of aromatic amines is 1. The first-order valence-electron chi connectivity index (χ1n) is 7.39. The molecule has 21 heavy (non-hydrogen) atoms. The lowest BCUT2D eigenvalue weighted by Gasteiger charge is -2.31. The van der Waals surface area contributed by atoms with Crippen LogP contribution in [-0.4, -0.2) is 38.8 Å². The van der Waals surface area contributed by atoms with E-state index >= 15 is 0 Å². The fourth-order valence-electron chi connectivity index (χ4n) is 2.67. The molecule has 1 fully saturated rings. The maximum Gasteiger partial charge on any atom is 0.282 e. The van der Waals surface area contributed by atoms with Crippen LogP contribution in [0.4, 0.5) is 0 Å². The van der Waals surface area contributed by atoms with Crippen molar-refractivity contribution in [1.82, 2.24) is 19.9 Å². The summed E-state index contributed by atoms with van der Waals surface area (Å²) in [7, 11) is 0. The van der Waals surface area contributed by atoms with Crippen molar-refractivity contribution in [3.63, 3.8) is 0 Å². The SMILES string of the molecule is CC(C)c1csc(C(=O)N2CCC[C@@H](c3ncc[nH]3)C2)n1. The molecule has 0 aliphatic carbocycles. The summed E-state index contributed by atoms with van der Waals surface area (Å²) in [6, 6.07) is 0. The zero-order valence-corrected chi connectivity index (χ0v) is 13.2. The number of rotatable bonds is 3. The van der Waals surface area contributed by atoms with E-state index in [1.165, 1.54) is 11.3 Å². The summed E-state index contributed by atoms with van der Waals surface area (Å²) in [5.41, 5.74) is 1.00. The average molecular weight is 304 g/mol. The first kappa shape index (κ1) is 14.3. The molecule has 0 aromatic carbocycles. The summed E-state index contributed by atoms with van der Waals surface area (Å²) in [6.07, 6.45) is 5.70. The highest BCUT2D eigenvalue weighted by molar-refractivity contribution is 7.11. The molecule has 0 radical (unpaired) electrons. The van der Waals surface area contributed by atoms with Gasteiger partial charge in [-0.1, -0.05) is 13.8 Å². The molecule has 0 saturated carbocycles. The Hall–Kier alpha value is -1.69. The number of nitrogens with zero attached hydrogens (tertiary/aromatic N) is 3. The maximum atomic E-state index is 12.6. The zero-order valence-electron chi connectivity index (χ0n) is 12.4. The number of H-pyrrole nitrogens is 1. The van der Waals surface area contributed by atoms with E-state index in [2.05, 4.69) is 28.8 Å². The second-order valence-electron chi connectivity index (χ2n) is 5.80. The van der Waals surface area contributed by atoms with Gasteiger partial charge in [-0.2, -0.15) is 0 Å². The molecule has 3 rings (SSSR count). The van der Waals surface area contributed by atoms with Gasteiger partial charge < -0.3 is 9.88 Å². The summed E-state index contributed by atoms with van der Waals surface area (Å²) in [6.45, 7) is 5.73. The number of nitrogens with one attached hydrogen (secondary N) is 1. The molecule has 112 valence electrons. The van der Waals surface area contributed by atoms with Gasteiger partial charge in [0.15, 0.2) is 5.01 Å². The van der Waals surface area contributed by atoms with Crippen molar-refractivity contribution in [3.05, 3.63) is 34.3 Å². The average Bonchev–Trinajstić information content (AvgIpc) is 3.18. The van der Waals surface area contributed by atoms with Crippen molar-refractivity contribution in [3.8, 4) is 0 Å². The van der Waals surface area contributed by atoms with Gasteiger partial charge in [-0.25, -0.2) is 9.97 Å². The number of carbonyl (C=O) groups excluding carboxylic acids is 1. The Bertz CT molecular complexity index is 605. The number of piperidine rings is 1. The zero-order chi connectivity index (χ0) is 14.8. The third-order valence-electron chi connectivity index (χ3n) is 3.91. The summed E-state index contributed by atoms with van der Waals surface area (Å²) in [4.78, 5) is 26.5. The second kappa shape index (κ2) is 5.97. The summed E-state index contributed by atoms with van der Waals surface area (Å²) in [5, 5.41) is 2.60. The number of imidazole rings is 1. The molecular weight excluding hydrogens is 284 g/mol. The van der Waals surface area contributed by atoms with Gasteiger partial charge in [0.2, 0.25) is 0 Å². The molecule has 2 aromatic heterocycles. The van der Waals surface area contributed by atoms with E-state index in [-0.39, 0.29) is 5.91 Å². The number of thiazole rings is 1. The van der Waals surface area contributed by atoms with Crippen LogP contribution in [-0.2, 0) is 0 Å². The van der Waals surface area contributed by atoms with Crippen LogP contribution in [0.2, 0.25) is 0 Å². The van der Waals surface area contributed by atoms with Crippen molar-refractivity contribution >= 4 is 17.2 Å². The highest BCUT2D eigenvalue weighted by Crippen LogP contribution is 2.26. The highest BCUT2D eigenvalue weighted by Gasteiger charge is 2.28. The number of aromatic nitrogens is 3. The van der Waals surface area contributed by atoms with E-state index in [1.54, 1.807) is 6.20 Å².